The number of hydrogen-bond donors (Lipinski definition) is 3. The number of phenols is 1. The van der Waals surface area contributed by atoms with E-state index in [0.29, 0.717) is 17.1 Å². The summed E-state index contributed by atoms with van der Waals surface area (Å²) >= 11 is 11.3. The number of phenolic OH excluding ortho intramolecular Hbond substituents is 1. The molecule has 14 heavy (non-hydrogen) atoms. The Morgan fingerprint density at radius 3 is 2.50 bits per heavy atom. The third-order valence-corrected chi connectivity index (χ3v) is 1.92. The van der Waals surface area contributed by atoms with Crippen LogP contribution in [0.1, 0.15) is 0 Å². The fourth-order valence-corrected chi connectivity index (χ4v) is 1.17. The number of carbonyl (C=O) groups is 1. The fraction of sp³-hybridized carbons (Fsp3) is 0. The van der Waals surface area contributed by atoms with E-state index in [1.54, 1.807) is 0 Å². The number of carbonyl (C=O) groups excluding carboxylic acids is 1. The van der Waals surface area contributed by atoms with Crippen LogP contribution in [0.5, 0.6) is 5.75 Å². The first kappa shape index (κ1) is 13.9. The summed E-state index contributed by atoms with van der Waals surface area (Å²) < 4.78 is 0. The zero-order chi connectivity index (χ0) is 9.84. The maximum atomic E-state index is 9.94. The molecule has 0 heterocycles. The number of nitrogens with one attached hydrogen (secondary N) is 2. The van der Waals surface area contributed by atoms with E-state index in [1.807, 2.05) is 0 Å². The SMILES string of the molecule is O=CNNc1cc(O)c(Cl)cc1Cl.[NaH]. The molecule has 0 radical (unpaired) electrons. The fourth-order valence-electron chi connectivity index (χ4n) is 0.741. The van der Waals surface area contributed by atoms with Gasteiger partial charge in [0.15, 0.2) is 0 Å². The standard InChI is InChI=1S/C7H6Cl2N2O2.Na.H/c8-4-1-5(9)7(13)2-6(4)11-10-3-12;;/h1-3,11,13H,(H,10,12);;. The molecule has 0 spiro atoms. The number of amides is 1. The Balaban J connectivity index is 0.00000169. The van der Waals surface area contributed by atoms with Gasteiger partial charge in [-0.25, -0.2) is 0 Å². The van der Waals surface area contributed by atoms with E-state index in [1.165, 1.54) is 12.1 Å². The quantitative estimate of drug-likeness (QED) is 0.425. The van der Waals surface area contributed by atoms with Crippen molar-refractivity contribution in [1.82, 2.24) is 5.43 Å². The molecule has 0 atom stereocenters. The Morgan fingerprint density at radius 2 is 1.93 bits per heavy atom. The first-order valence-electron chi connectivity index (χ1n) is 3.28. The van der Waals surface area contributed by atoms with Crippen LogP contribution < -0.4 is 10.9 Å². The number of rotatable bonds is 3. The summed E-state index contributed by atoms with van der Waals surface area (Å²) in [7, 11) is 0. The van der Waals surface area contributed by atoms with Gasteiger partial charge in [0, 0.05) is 6.07 Å². The molecule has 1 aromatic carbocycles. The molecule has 0 unspecified atom stereocenters. The van der Waals surface area contributed by atoms with Gasteiger partial charge in [-0.2, -0.15) is 0 Å². The number of anilines is 1. The van der Waals surface area contributed by atoms with E-state index < -0.39 is 0 Å². The zero-order valence-electron chi connectivity index (χ0n) is 6.34. The zero-order valence-corrected chi connectivity index (χ0v) is 7.86. The summed E-state index contributed by atoms with van der Waals surface area (Å²) in [5, 5.41) is 9.63. The molecule has 1 aromatic rings. The molecule has 0 aliphatic rings. The molecule has 0 saturated heterocycles. The summed E-state index contributed by atoms with van der Waals surface area (Å²) in [5.41, 5.74) is 5.02. The number of hydrazine groups is 1. The van der Waals surface area contributed by atoms with Crippen LogP contribution >= 0.6 is 23.2 Å². The Hall–Kier alpha value is -0.130. The van der Waals surface area contributed by atoms with Crippen molar-refractivity contribution in [3.63, 3.8) is 0 Å². The van der Waals surface area contributed by atoms with Gasteiger partial charge >= 0.3 is 29.6 Å². The molecule has 0 fully saturated rings. The van der Waals surface area contributed by atoms with Crippen molar-refractivity contribution in [3.05, 3.63) is 22.2 Å². The second-order valence-electron chi connectivity index (χ2n) is 2.17. The van der Waals surface area contributed by atoms with Crippen molar-refractivity contribution in [2.24, 2.45) is 0 Å². The minimum absolute atomic E-state index is 0. The second kappa shape index (κ2) is 6.37. The normalized spacial score (nSPS) is 8.71. The van der Waals surface area contributed by atoms with Gasteiger partial charge in [-0.15, -0.1) is 0 Å². The van der Waals surface area contributed by atoms with Crippen molar-refractivity contribution >= 4 is 64.9 Å². The topological polar surface area (TPSA) is 61.4 Å². The Kier molecular flexibility index (Phi) is 6.31. The monoisotopic (exact) mass is 244 g/mol. The summed E-state index contributed by atoms with van der Waals surface area (Å²) in [4.78, 5) is 9.94. The van der Waals surface area contributed by atoms with Crippen molar-refractivity contribution in [2.75, 3.05) is 5.43 Å². The van der Waals surface area contributed by atoms with E-state index >= 15 is 0 Å². The van der Waals surface area contributed by atoms with Crippen LogP contribution in [0.15, 0.2) is 12.1 Å². The van der Waals surface area contributed by atoms with Crippen molar-refractivity contribution in [1.29, 1.82) is 0 Å². The Labute approximate surface area is 113 Å². The predicted octanol–water partition coefficient (Wildman–Crippen LogP) is 1.12. The molecule has 0 saturated carbocycles. The molecule has 4 nitrogen and oxygen atoms in total. The minimum atomic E-state index is -0.110. The van der Waals surface area contributed by atoms with Crippen LogP contribution in [0.2, 0.25) is 10.0 Å². The second-order valence-corrected chi connectivity index (χ2v) is 2.99. The maximum absolute atomic E-state index is 9.94. The molecule has 0 aliphatic carbocycles. The third kappa shape index (κ3) is 3.55. The molecule has 3 N–H and O–H groups in total. The van der Waals surface area contributed by atoms with Gasteiger partial charge in [-0.3, -0.25) is 15.6 Å². The van der Waals surface area contributed by atoms with E-state index in [2.05, 4.69) is 10.9 Å². The number of halogens is 2. The summed E-state index contributed by atoms with van der Waals surface area (Å²) in [6.45, 7) is 0. The van der Waals surface area contributed by atoms with E-state index in [4.69, 9.17) is 23.2 Å². The van der Waals surface area contributed by atoms with Crippen molar-refractivity contribution in [2.45, 2.75) is 0 Å². The first-order valence-corrected chi connectivity index (χ1v) is 4.04. The molecule has 1 amide bonds. The van der Waals surface area contributed by atoms with Gasteiger partial charge in [-0.05, 0) is 6.07 Å². The Bertz CT molecular complexity index is 336. The van der Waals surface area contributed by atoms with E-state index in [9.17, 15) is 9.90 Å². The van der Waals surface area contributed by atoms with Crippen LogP contribution in [-0.4, -0.2) is 41.1 Å². The Morgan fingerprint density at radius 1 is 1.29 bits per heavy atom. The van der Waals surface area contributed by atoms with Crippen LogP contribution in [0.25, 0.3) is 0 Å². The van der Waals surface area contributed by atoms with Gasteiger partial charge in [0.05, 0.1) is 15.7 Å². The summed E-state index contributed by atoms with van der Waals surface area (Å²) in [6.07, 6.45) is 0.446. The van der Waals surface area contributed by atoms with Gasteiger partial charge in [0.2, 0.25) is 6.41 Å². The van der Waals surface area contributed by atoms with Crippen molar-refractivity contribution in [3.8, 4) is 5.75 Å². The van der Waals surface area contributed by atoms with Crippen LogP contribution in [-0.2, 0) is 4.79 Å². The number of benzene rings is 1. The van der Waals surface area contributed by atoms with Gasteiger partial charge in [0.1, 0.15) is 5.75 Å². The van der Waals surface area contributed by atoms with Crippen LogP contribution in [0.4, 0.5) is 5.69 Å². The molecule has 0 aromatic heterocycles. The summed E-state index contributed by atoms with van der Waals surface area (Å²) in [6, 6.07) is 2.68. The number of aromatic hydroxyl groups is 1. The third-order valence-electron chi connectivity index (χ3n) is 1.30. The average Bonchev–Trinajstić information content (AvgIpc) is 2.09. The van der Waals surface area contributed by atoms with E-state index in [-0.39, 0.29) is 40.3 Å². The predicted molar refractivity (Wildman–Crippen MR) is 58.1 cm³/mol. The van der Waals surface area contributed by atoms with E-state index in [0.717, 1.165) is 0 Å². The molecular formula is C7H7Cl2N2NaO2. The van der Waals surface area contributed by atoms with Crippen LogP contribution in [0, 0.1) is 0 Å². The molecule has 0 bridgehead atoms. The van der Waals surface area contributed by atoms with Crippen molar-refractivity contribution < 1.29 is 9.90 Å². The summed E-state index contributed by atoms with van der Waals surface area (Å²) in [5.74, 6) is -0.110. The van der Waals surface area contributed by atoms with Crippen LogP contribution in [0.3, 0.4) is 0 Å². The molecule has 7 heteroatoms. The van der Waals surface area contributed by atoms with Gasteiger partial charge in [-0.1, -0.05) is 23.2 Å². The number of hydrogen-bond acceptors (Lipinski definition) is 3. The van der Waals surface area contributed by atoms with Gasteiger partial charge in [0.25, 0.3) is 0 Å². The molecule has 1 rings (SSSR count). The van der Waals surface area contributed by atoms with Gasteiger partial charge < -0.3 is 5.11 Å². The average molecular weight is 245 g/mol. The first-order chi connectivity index (χ1) is 6.15. The molecular weight excluding hydrogens is 238 g/mol. The molecule has 0 aliphatic heterocycles. The molecule has 72 valence electrons.